The van der Waals surface area contributed by atoms with Gasteiger partial charge in [-0.3, -0.25) is 10.2 Å². The molecule has 0 heterocycles. The van der Waals surface area contributed by atoms with Gasteiger partial charge in [0, 0.05) is 6.42 Å². The van der Waals surface area contributed by atoms with Gasteiger partial charge in [-0.2, -0.15) is 13.2 Å². The summed E-state index contributed by atoms with van der Waals surface area (Å²) in [5, 5.41) is 18.0. The third-order valence-electron chi connectivity index (χ3n) is 4.27. The Morgan fingerprint density at radius 1 is 1.22 bits per heavy atom. The lowest BCUT2D eigenvalue weighted by Gasteiger charge is -2.22. The van der Waals surface area contributed by atoms with Crippen molar-refractivity contribution in [3.63, 3.8) is 0 Å². The maximum absolute atomic E-state index is 12.9. The average Bonchev–Trinajstić information content (AvgIpc) is 2.65. The molecule has 0 unspecified atom stereocenters. The summed E-state index contributed by atoms with van der Waals surface area (Å²) in [7, 11) is 0. The Labute approximate surface area is 185 Å². The first-order chi connectivity index (χ1) is 14.7. The van der Waals surface area contributed by atoms with Gasteiger partial charge in [-0.25, -0.2) is 4.79 Å². The van der Waals surface area contributed by atoms with E-state index < -0.39 is 35.1 Å². The highest BCUT2D eigenvalue weighted by Crippen LogP contribution is 2.35. The number of rotatable bonds is 10. The second kappa shape index (κ2) is 11.2. The molecule has 1 aromatic rings. The Morgan fingerprint density at radius 2 is 1.84 bits per heavy atom. The van der Waals surface area contributed by atoms with E-state index in [1.165, 1.54) is 13.0 Å². The molecule has 7 nitrogen and oxygen atoms in total. The average molecular weight is 462 g/mol. The fraction of sp³-hybridized carbons (Fsp3) is 0.591. The molecule has 1 amide bonds. The van der Waals surface area contributed by atoms with Crippen molar-refractivity contribution in [1.29, 1.82) is 5.41 Å². The highest BCUT2D eigenvalue weighted by Gasteiger charge is 2.38. The van der Waals surface area contributed by atoms with E-state index in [1.54, 1.807) is 20.8 Å². The van der Waals surface area contributed by atoms with Crippen LogP contribution >= 0.6 is 0 Å². The number of benzene rings is 1. The number of carbonyl (C=O) groups excluding carboxylic acids is 2. The molecule has 32 heavy (non-hydrogen) atoms. The first-order valence-electron chi connectivity index (χ1n) is 10.4. The van der Waals surface area contributed by atoms with Gasteiger partial charge in [0.2, 0.25) is 5.91 Å². The molecule has 0 aromatic heterocycles. The highest BCUT2D eigenvalue weighted by molar-refractivity contribution is 6.04. The zero-order chi connectivity index (χ0) is 24.7. The topological polar surface area (TPSA) is 111 Å². The maximum Gasteiger partial charge on any atom is 0.433 e. The Kier molecular flexibility index (Phi) is 9.53. The Balaban J connectivity index is 2.69. The quantitative estimate of drug-likeness (QED) is 0.237. The molecule has 0 saturated carbocycles. The van der Waals surface area contributed by atoms with E-state index in [4.69, 9.17) is 20.0 Å². The lowest BCUT2D eigenvalue weighted by atomic mass is 10.00. The van der Waals surface area contributed by atoms with Crippen LogP contribution in [0.5, 0.6) is 11.5 Å². The van der Waals surface area contributed by atoms with Crippen LogP contribution in [0, 0.1) is 5.41 Å². The van der Waals surface area contributed by atoms with Gasteiger partial charge in [0.25, 0.3) is 5.75 Å². The number of hydrogen-bond donors (Lipinski definition) is 2. The van der Waals surface area contributed by atoms with Crippen molar-refractivity contribution in [2.45, 2.75) is 78.1 Å². The van der Waals surface area contributed by atoms with Crippen molar-refractivity contribution < 1.29 is 37.3 Å². The number of ether oxygens (including phenoxy) is 2. The van der Waals surface area contributed by atoms with Crippen LogP contribution in [-0.2, 0) is 20.7 Å². The van der Waals surface area contributed by atoms with E-state index in [1.807, 2.05) is 6.92 Å². The number of alkyl halides is 3. The third kappa shape index (κ3) is 8.39. The van der Waals surface area contributed by atoms with Crippen molar-refractivity contribution in [1.82, 2.24) is 5.32 Å². The number of hydrogen-bond acceptors (Lipinski definition) is 5. The largest absolute Gasteiger partial charge is 0.593 e. The predicted molar refractivity (Wildman–Crippen MR) is 115 cm³/mol. The summed E-state index contributed by atoms with van der Waals surface area (Å²) in [6, 6.07) is 1.58. The number of carbonyl (C=O) groups is 2. The first kappa shape index (κ1) is 27.3. The number of esters is 1. The van der Waals surface area contributed by atoms with Crippen LogP contribution in [-0.4, -0.2) is 47.1 Å². The minimum absolute atomic E-state index is 0.0702. The summed E-state index contributed by atoms with van der Waals surface area (Å²) >= 11 is 0. The third-order valence-corrected chi connectivity index (χ3v) is 4.27. The van der Waals surface area contributed by atoms with Gasteiger partial charge in [0.1, 0.15) is 23.0 Å². The van der Waals surface area contributed by atoms with Gasteiger partial charge in [-0.15, -0.1) is 0 Å². The molecular weight excluding hydrogens is 429 g/mol. The Bertz CT molecular complexity index is 832. The van der Waals surface area contributed by atoms with Crippen LogP contribution in [0.1, 0.15) is 65.0 Å². The molecule has 1 atom stereocenters. The Morgan fingerprint density at radius 3 is 2.38 bits per heavy atom. The van der Waals surface area contributed by atoms with E-state index in [0.717, 1.165) is 6.07 Å². The second-order valence-corrected chi connectivity index (χ2v) is 8.36. The van der Waals surface area contributed by atoms with Crippen molar-refractivity contribution in [3.8, 4) is 11.5 Å². The standard InChI is InChI=1S/C22H31F3N2O5/c1-6-8-14-16(11-10-15(18(14)29)19(26)22(23,24)25)31-12-7-9-17(28)27-13(2)20(30)32-21(3,4)5/h10-11,13,26,29H,6-9,12H2,1-5H3,(H,27,28)/p+1/t13-/m0/s1. The van der Waals surface area contributed by atoms with E-state index in [2.05, 4.69) is 5.32 Å². The summed E-state index contributed by atoms with van der Waals surface area (Å²) < 4.78 is 49.4. The molecule has 1 rings (SSSR count). The molecule has 0 saturated heterocycles. The van der Waals surface area contributed by atoms with Crippen molar-refractivity contribution in [3.05, 3.63) is 23.3 Å². The number of amides is 1. The molecule has 0 radical (unpaired) electrons. The molecule has 0 aliphatic rings. The lowest BCUT2D eigenvalue weighted by Crippen LogP contribution is -2.42. The van der Waals surface area contributed by atoms with Gasteiger partial charge >= 0.3 is 12.1 Å². The predicted octanol–water partition coefficient (Wildman–Crippen LogP) is 4.01. The molecular formula is C22H32F3N2O5+. The highest BCUT2D eigenvalue weighted by atomic mass is 19.4. The summed E-state index contributed by atoms with van der Waals surface area (Å²) in [6.45, 7) is 8.62. The molecule has 180 valence electrons. The van der Waals surface area contributed by atoms with Crippen LogP contribution in [0.2, 0.25) is 0 Å². The van der Waals surface area contributed by atoms with Gasteiger partial charge < -0.3 is 19.9 Å². The van der Waals surface area contributed by atoms with Gasteiger partial charge in [-0.05, 0) is 52.7 Å². The Hall–Kier alpha value is -2.78. The van der Waals surface area contributed by atoms with Crippen LogP contribution in [0.4, 0.5) is 13.2 Å². The van der Waals surface area contributed by atoms with E-state index in [9.17, 15) is 22.8 Å². The van der Waals surface area contributed by atoms with Crippen LogP contribution in [0.3, 0.4) is 0 Å². The number of halogens is 3. The zero-order valence-electron chi connectivity index (χ0n) is 19.0. The molecule has 1 aromatic carbocycles. The van der Waals surface area contributed by atoms with Gasteiger partial charge in [0.15, 0.2) is 5.71 Å². The smallest absolute Gasteiger partial charge is 0.433 e. The van der Waals surface area contributed by atoms with Crippen molar-refractivity contribution in [2.24, 2.45) is 0 Å². The molecule has 10 heteroatoms. The summed E-state index contributed by atoms with van der Waals surface area (Å²) in [5.41, 5.74) is -2.43. The fourth-order valence-corrected chi connectivity index (χ4v) is 2.80. The maximum atomic E-state index is 12.9. The molecule has 0 fully saturated rings. The monoisotopic (exact) mass is 461 g/mol. The second-order valence-electron chi connectivity index (χ2n) is 8.36. The SMILES string of the molecule is CCCc1c(OCCCC(=O)N[C@@H](C)C(=O)OC(C)(C)C)ccc(C(=N)C(F)(F)F)c1[OH2+]. The van der Waals surface area contributed by atoms with Crippen LogP contribution in [0.15, 0.2) is 12.1 Å². The first-order valence-corrected chi connectivity index (χ1v) is 10.4. The summed E-state index contributed by atoms with van der Waals surface area (Å²) in [5.74, 6) is -1.02. The minimum atomic E-state index is -4.84. The van der Waals surface area contributed by atoms with Gasteiger partial charge in [-0.1, -0.05) is 13.3 Å². The molecule has 0 spiro atoms. The lowest BCUT2D eigenvalue weighted by molar-refractivity contribution is -0.158. The minimum Gasteiger partial charge on any atom is -0.593 e. The van der Waals surface area contributed by atoms with E-state index >= 15 is 0 Å². The van der Waals surface area contributed by atoms with Crippen LogP contribution < -0.4 is 10.1 Å². The van der Waals surface area contributed by atoms with Crippen molar-refractivity contribution in [2.75, 3.05) is 6.61 Å². The fourth-order valence-electron chi connectivity index (χ4n) is 2.80. The molecule has 4 N–H and O–H groups in total. The van der Waals surface area contributed by atoms with Crippen molar-refractivity contribution >= 4 is 17.6 Å². The number of nitrogens with one attached hydrogen (secondary N) is 2. The van der Waals surface area contributed by atoms with E-state index in [-0.39, 0.29) is 30.4 Å². The normalized spacial score (nSPS) is 12.8. The molecule has 0 aliphatic heterocycles. The zero-order valence-corrected chi connectivity index (χ0v) is 19.0. The molecule has 0 bridgehead atoms. The van der Waals surface area contributed by atoms with Crippen LogP contribution in [0.25, 0.3) is 0 Å². The van der Waals surface area contributed by atoms with Gasteiger partial charge in [0.05, 0.1) is 12.2 Å². The summed E-state index contributed by atoms with van der Waals surface area (Å²) in [4.78, 5) is 23.9. The molecule has 0 aliphatic carbocycles. The van der Waals surface area contributed by atoms with E-state index in [0.29, 0.717) is 24.8 Å². The summed E-state index contributed by atoms with van der Waals surface area (Å²) in [6.07, 6.45) is -3.57.